The van der Waals surface area contributed by atoms with Crippen LogP contribution in [0.1, 0.15) is 47.0 Å². The summed E-state index contributed by atoms with van der Waals surface area (Å²) in [5, 5.41) is 3.29. The molecule has 0 bridgehead atoms. The molecule has 1 aliphatic carbocycles. The normalized spacial score (nSPS) is 18.7. The number of likely N-dealkylation sites (N-methyl/N-ethyl adjacent to an activating group) is 1. The molecule has 4 nitrogen and oxygen atoms in total. The van der Waals surface area contributed by atoms with Gasteiger partial charge in [0.1, 0.15) is 5.54 Å². The minimum atomic E-state index is -0.594. The van der Waals surface area contributed by atoms with Crippen LogP contribution in [0.4, 0.5) is 0 Å². The molecule has 1 rings (SSSR count). The van der Waals surface area contributed by atoms with Crippen LogP contribution in [0.3, 0.4) is 0 Å². The Bertz CT molecular complexity index is 290. The summed E-state index contributed by atoms with van der Waals surface area (Å²) in [6.07, 6.45) is 3.71. The molecule has 0 aromatic heterocycles. The molecule has 0 heterocycles. The summed E-state index contributed by atoms with van der Waals surface area (Å²) in [6.45, 7) is 11.0. The largest absolute Gasteiger partial charge is 0.468 e. The van der Waals surface area contributed by atoms with E-state index < -0.39 is 5.54 Å². The van der Waals surface area contributed by atoms with E-state index in [1.807, 2.05) is 13.8 Å². The topological polar surface area (TPSA) is 41.6 Å². The van der Waals surface area contributed by atoms with E-state index in [9.17, 15) is 4.79 Å². The second-order valence-electron chi connectivity index (χ2n) is 6.24. The summed E-state index contributed by atoms with van der Waals surface area (Å²) in [5.41, 5.74) is -0.594. The van der Waals surface area contributed by atoms with Crippen LogP contribution in [0.15, 0.2) is 0 Å². The van der Waals surface area contributed by atoms with Crippen LogP contribution in [0.25, 0.3) is 0 Å². The second kappa shape index (κ2) is 7.25. The fourth-order valence-electron chi connectivity index (χ4n) is 2.47. The van der Waals surface area contributed by atoms with Crippen LogP contribution in [-0.2, 0) is 9.53 Å². The molecule has 19 heavy (non-hydrogen) atoms. The first-order chi connectivity index (χ1) is 8.92. The summed E-state index contributed by atoms with van der Waals surface area (Å²) in [7, 11) is 1.47. The molecule has 0 amide bonds. The lowest BCUT2D eigenvalue weighted by Crippen LogP contribution is -2.57. The van der Waals surface area contributed by atoms with E-state index in [1.165, 1.54) is 26.4 Å². The first-order valence-corrected chi connectivity index (χ1v) is 7.50. The highest BCUT2D eigenvalue weighted by Gasteiger charge is 2.39. The van der Waals surface area contributed by atoms with Gasteiger partial charge in [-0.25, -0.2) is 0 Å². The number of esters is 1. The van der Waals surface area contributed by atoms with Gasteiger partial charge in [-0.05, 0) is 45.2 Å². The lowest BCUT2D eigenvalue weighted by atomic mass is 10.0. The van der Waals surface area contributed by atoms with E-state index in [0.29, 0.717) is 12.0 Å². The number of carbonyl (C=O) groups is 1. The Kier molecular flexibility index (Phi) is 6.27. The molecular formula is C15H30N2O2. The van der Waals surface area contributed by atoms with Crippen molar-refractivity contribution in [3.63, 3.8) is 0 Å². The molecule has 112 valence electrons. The molecule has 0 aliphatic heterocycles. The van der Waals surface area contributed by atoms with Gasteiger partial charge in [-0.3, -0.25) is 9.69 Å². The zero-order valence-electron chi connectivity index (χ0n) is 13.2. The molecule has 1 unspecified atom stereocenters. The number of hydrogen-bond acceptors (Lipinski definition) is 4. The van der Waals surface area contributed by atoms with E-state index >= 15 is 0 Å². The fraction of sp³-hybridized carbons (Fsp3) is 0.933. The summed E-state index contributed by atoms with van der Waals surface area (Å²) in [4.78, 5) is 14.5. The molecule has 1 saturated carbocycles. The Labute approximate surface area is 117 Å². The minimum absolute atomic E-state index is 0.162. The van der Waals surface area contributed by atoms with Crippen LogP contribution >= 0.6 is 0 Å². The summed E-state index contributed by atoms with van der Waals surface area (Å²) in [6, 6.07) is 0.668. The van der Waals surface area contributed by atoms with Gasteiger partial charge < -0.3 is 10.1 Å². The standard InChI is InChI=1S/C15H30N2O2/c1-6-16-15(4,14(18)19-5)11-17(13-7-8-13)10-9-12(2)3/h12-13,16H,6-11H2,1-5H3. The number of rotatable bonds is 9. The van der Waals surface area contributed by atoms with Crippen LogP contribution in [0.2, 0.25) is 0 Å². The highest BCUT2D eigenvalue weighted by molar-refractivity contribution is 5.80. The van der Waals surface area contributed by atoms with Crippen molar-refractivity contribution in [2.75, 3.05) is 26.7 Å². The lowest BCUT2D eigenvalue weighted by molar-refractivity contribution is -0.148. The van der Waals surface area contributed by atoms with Crippen molar-refractivity contribution in [2.45, 2.75) is 58.5 Å². The number of ether oxygens (including phenoxy) is 1. The smallest absolute Gasteiger partial charge is 0.327 e. The maximum absolute atomic E-state index is 12.0. The van der Waals surface area contributed by atoms with Gasteiger partial charge in [0, 0.05) is 12.6 Å². The zero-order valence-corrected chi connectivity index (χ0v) is 13.2. The van der Waals surface area contributed by atoms with Crippen LogP contribution in [-0.4, -0.2) is 49.2 Å². The summed E-state index contributed by atoms with van der Waals surface area (Å²) >= 11 is 0. The van der Waals surface area contributed by atoms with E-state index in [4.69, 9.17) is 4.74 Å². The molecule has 1 atom stereocenters. The van der Waals surface area contributed by atoms with Gasteiger partial charge in [-0.1, -0.05) is 20.8 Å². The Hall–Kier alpha value is -0.610. The van der Waals surface area contributed by atoms with Crippen molar-refractivity contribution in [1.29, 1.82) is 0 Å². The Morgan fingerprint density at radius 3 is 2.53 bits per heavy atom. The molecule has 1 N–H and O–H groups in total. The first-order valence-electron chi connectivity index (χ1n) is 7.50. The van der Waals surface area contributed by atoms with Gasteiger partial charge in [0.05, 0.1) is 7.11 Å². The van der Waals surface area contributed by atoms with Gasteiger partial charge in [-0.15, -0.1) is 0 Å². The molecule has 1 aliphatic rings. The third-order valence-corrected chi connectivity index (χ3v) is 3.78. The molecular weight excluding hydrogens is 240 g/mol. The first kappa shape index (κ1) is 16.4. The fourth-order valence-corrected chi connectivity index (χ4v) is 2.47. The highest BCUT2D eigenvalue weighted by atomic mass is 16.5. The monoisotopic (exact) mass is 270 g/mol. The van der Waals surface area contributed by atoms with Gasteiger partial charge in [0.15, 0.2) is 0 Å². The number of nitrogens with one attached hydrogen (secondary N) is 1. The quantitative estimate of drug-likeness (QED) is 0.651. The van der Waals surface area contributed by atoms with Crippen LogP contribution in [0, 0.1) is 5.92 Å². The molecule has 0 aromatic carbocycles. The Balaban J connectivity index is 2.64. The minimum Gasteiger partial charge on any atom is -0.468 e. The predicted octanol–water partition coefficient (Wildman–Crippen LogP) is 2.04. The van der Waals surface area contributed by atoms with E-state index in [-0.39, 0.29) is 5.97 Å². The highest BCUT2D eigenvalue weighted by Crippen LogP contribution is 2.29. The van der Waals surface area contributed by atoms with Gasteiger partial charge >= 0.3 is 5.97 Å². The van der Waals surface area contributed by atoms with Crippen molar-refractivity contribution in [3.8, 4) is 0 Å². The van der Waals surface area contributed by atoms with Gasteiger partial charge in [0.25, 0.3) is 0 Å². The van der Waals surface area contributed by atoms with Crippen molar-refractivity contribution in [3.05, 3.63) is 0 Å². The number of hydrogen-bond donors (Lipinski definition) is 1. The molecule has 0 spiro atoms. The maximum Gasteiger partial charge on any atom is 0.327 e. The van der Waals surface area contributed by atoms with E-state index in [1.54, 1.807) is 0 Å². The number of carbonyl (C=O) groups excluding carboxylic acids is 1. The van der Waals surface area contributed by atoms with E-state index in [0.717, 1.165) is 19.6 Å². The average molecular weight is 270 g/mol. The summed E-state index contributed by atoms with van der Waals surface area (Å²) in [5.74, 6) is 0.536. The summed E-state index contributed by atoms with van der Waals surface area (Å²) < 4.78 is 4.97. The number of methoxy groups -OCH3 is 1. The van der Waals surface area contributed by atoms with Crippen LogP contribution in [0.5, 0.6) is 0 Å². The van der Waals surface area contributed by atoms with Crippen molar-refractivity contribution in [2.24, 2.45) is 5.92 Å². The molecule has 0 radical (unpaired) electrons. The second-order valence-corrected chi connectivity index (χ2v) is 6.24. The average Bonchev–Trinajstić information content (AvgIpc) is 3.17. The van der Waals surface area contributed by atoms with Gasteiger partial charge in [-0.2, -0.15) is 0 Å². The maximum atomic E-state index is 12.0. The van der Waals surface area contributed by atoms with Crippen molar-refractivity contribution >= 4 is 5.97 Å². The Morgan fingerprint density at radius 2 is 2.11 bits per heavy atom. The van der Waals surface area contributed by atoms with Crippen LogP contribution < -0.4 is 5.32 Å². The van der Waals surface area contributed by atoms with Crippen molar-refractivity contribution in [1.82, 2.24) is 10.2 Å². The molecule has 0 saturated heterocycles. The third-order valence-electron chi connectivity index (χ3n) is 3.78. The van der Waals surface area contributed by atoms with Crippen molar-refractivity contribution < 1.29 is 9.53 Å². The SMILES string of the molecule is CCNC(C)(CN(CCC(C)C)C1CC1)C(=O)OC. The Morgan fingerprint density at radius 1 is 1.47 bits per heavy atom. The molecule has 4 heteroatoms. The molecule has 0 aromatic rings. The molecule has 1 fully saturated rings. The zero-order chi connectivity index (χ0) is 14.5. The van der Waals surface area contributed by atoms with E-state index in [2.05, 4.69) is 24.1 Å². The third kappa shape index (κ3) is 5.11. The van der Waals surface area contributed by atoms with Gasteiger partial charge in [0.2, 0.25) is 0 Å². The lowest BCUT2D eigenvalue weighted by Gasteiger charge is -2.34. The number of nitrogens with zero attached hydrogens (tertiary/aromatic N) is 1. The predicted molar refractivity (Wildman–Crippen MR) is 78.1 cm³/mol.